The van der Waals surface area contributed by atoms with Crippen LogP contribution in [-0.4, -0.2) is 9.85 Å². The molecule has 8 heteroatoms. The van der Waals surface area contributed by atoms with E-state index in [1.807, 2.05) is 36.4 Å². The number of nitrogens with zero attached hydrogens (tertiary/aromatic N) is 2. The van der Waals surface area contributed by atoms with Gasteiger partial charge in [-0.1, -0.05) is 12.1 Å². The summed E-state index contributed by atoms with van der Waals surface area (Å²) in [5.74, 6) is 1.38. The molecule has 0 bridgehead atoms. The average Bonchev–Trinajstić information content (AvgIpc) is 2.81. The molecule has 160 valence electrons. The Balaban J connectivity index is 1.38. The van der Waals surface area contributed by atoms with Crippen molar-refractivity contribution in [3.63, 3.8) is 0 Å². The average molecular weight is 430 g/mol. The van der Waals surface area contributed by atoms with Gasteiger partial charge < -0.3 is 9.47 Å². The first-order valence-electron chi connectivity index (χ1n) is 9.74. The van der Waals surface area contributed by atoms with Gasteiger partial charge in [0.2, 0.25) is 0 Å². The van der Waals surface area contributed by atoms with E-state index >= 15 is 0 Å². The number of hydrogen-bond donors (Lipinski definition) is 0. The highest BCUT2D eigenvalue weighted by molar-refractivity contribution is 5.85. The van der Waals surface area contributed by atoms with Crippen LogP contribution in [0.2, 0.25) is 0 Å². The van der Waals surface area contributed by atoms with Crippen molar-refractivity contribution in [3.8, 4) is 11.5 Å². The molecule has 0 fully saturated rings. The van der Waals surface area contributed by atoms with Crippen molar-refractivity contribution < 1.29 is 19.3 Å². The first-order valence-corrected chi connectivity index (χ1v) is 9.74. The van der Waals surface area contributed by atoms with Crippen LogP contribution in [0.25, 0.3) is 10.8 Å². The molecule has 0 atom stereocenters. The first-order chi connectivity index (χ1) is 15.5. The van der Waals surface area contributed by atoms with Gasteiger partial charge in [0.25, 0.3) is 11.4 Å². The zero-order valence-corrected chi connectivity index (χ0v) is 16.8. The van der Waals surface area contributed by atoms with Crippen molar-refractivity contribution in [1.29, 1.82) is 0 Å². The molecule has 0 aromatic heterocycles. The van der Waals surface area contributed by atoms with Gasteiger partial charge >= 0.3 is 0 Å². The molecule has 0 radical (unpaired) electrons. The molecule has 4 aromatic carbocycles. The van der Waals surface area contributed by atoms with Gasteiger partial charge in [-0.3, -0.25) is 20.2 Å². The molecule has 0 aliphatic heterocycles. The summed E-state index contributed by atoms with van der Waals surface area (Å²) in [4.78, 5) is 20.6. The van der Waals surface area contributed by atoms with Crippen molar-refractivity contribution in [2.75, 3.05) is 0 Å². The highest BCUT2D eigenvalue weighted by Crippen LogP contribution is 2.26. The van der Waals surface area contributed by atoms with Gasteiger partial charge in [-0.05, 0) is 70.4 Å². The lowest BCUT2D eigenvalue weighted by atomic mass is 10.1. The smallest absolute Gasteiger partial charge is 0.269 e. The third-order valence-corrected chi connectivity index (χ3v) is 4.89. The fourth-order valence-electron chi connectivity index (χ4n) is 3.14. The maximum Gasteiger partial charge on any atom is 0.269 e. The Hall–Kier alpha value is -4.46. The third kappa shape index (κ3) is 4.99. The quantitative estimate of drug-likeness (QED) is 0.258. The summed E-state index contributed by atoms with van der Waals surface area (Å²) in [6, 6.07) is 23.9. The van der Waals surface area contributed by atoms with Crippen LogP contribution in [0.15, 0.2) is 84.9 Å². The van der Waals surface area contributed by atoms with Crippen LogP contribution in [-0.2, 0) is 13.2 Å². The summed E-state index contributed by atoms with van der Waals surface area (Å²) in [6.07, 6.45) is 0. The van der Waals surface area contributed by atoms with Crippen LogP contribution in [0.5, 0.6) is 11.5 Å². The van der Waals surface area contributed by atoms with Crippen molar-refractivity contribution in [1.82, 2.24) is 0 Å². The third-order valence-electron chi connectivity index (χ3n) is 4.89. The number of non-ortho nitro benzene ring substituents is 2. The normalized spacial score (nSPS) is 10.6. The first kappa shape index (κ1) is 20.8. The van der Waals surface area contributed by atoms with Gasteiger partial charge in [-0.25, -0.2) is 0 Å². The van der Waals surface area contributed by atoms with Crippen molar-refractivity contribution in [3.05, 3.63) is 116 Å². The zero-order chi connectivity index (χ0) is 22.5. The molecular formula is C24H18N2O6. The van der Waals surface area contributed by atoms with Gasteiger partial charge in [-0.15, -0.1) is 0 Å². The SMILES string of the molecule is O=[N+]([O-])c1ccc(COc2ccc3cc(OCc4ccc([N+](=O)[O-])cc4)ccc3c2)cc1. The van der Waals surface area contributed by atoms with Crippen LogP contribution in [0.3, 0.4) is 0 Å². The van der Waals surface area contributed by atoms with Crippen LogP contribution >= 0.6 is 0 Å². The van der Waals surface area contributed by atoms with Crippen LogP contribution < -0.4 is 9.47 Å². The predicted octanol–water partition coefficient (Wildman–Crippen LogP) is 5.81. The maximum absolute atomic E-state index is 10.7. The molecule has 0 N–H and O–H groups in total. The fraction of sp³-hybridized carbons (Fsp3) is 0.0833. The Morgan fingerprint density at radius 2 is 0.938 bits per heavy atom. The van der Waals surface area contributed by atoms with Crippen molar-refractivity contribution >= 4 is 22.1 Å². The molecule has 0 unspecified atom stereocenters. The number of fused-ring (bicyclic) bond motifs is 1. The van der Waals surface area contributed by atoms with E-state index in [2.05, 4.69) is 0 Å². The van der Waals surface area contributed by atoms with Crippen LogP contribution in [0.4, 0.5) is 11.4 Å². The second-order valence-corrected chi connectivity index (χ2v) is 7.10. The van der Waals surface area contributed by atoms with Gasteiger partial charge in [0.1, 0.15) is 24.7 Å². The van der Waals surface area contributed by atoms with E-state index < -0.39 is 9.85 Å². The summed E-state index contributed by atoms with van der Waals surface area (Å²) in [5, 5.41) is 23.4. The lowest BCUT2D eigenvalue weighted by Gasteiger charge is -2.10. The minimum absolute atomic E-state index is 0.0473. The fourth-order valence-corrected chi connectivity index (χ4v) is 3.14. The predicted molar refractivity (Wildman–Crippen MR) is 119 cm³/mol. The van der Waals surface area contributed by atoms with Gasteiger partial charge in [0.05, 0.1) is 9.85 Å². The zero-order valence-electron chi connectivity index (χ0n) is 16.8. The van der Waals surface area contributed by atoms with E-state index in [9.17, 15) is 20.2 Å². The lowest BCUT2D eigenvalue weighted by molar-refractivity contribution is -0.385. The number of hydrogen-bond acceptors (Lipinski definition) is 6. The topological polar surface area (TPSA) is 105 Å². The van der Waals surface area contributed by atoms with Crippen LogP contribution in [0.1, 0.15) is 11.1 Å². The molecule has 0 amide bonds. The molecule has 0 saturated heterocycles. The van der Waals surface area contributed by atoms with Gasteiger partial charge in [0.15, 0.2) is 0 Å². The summed E-state index contributed by atoms with van der Waals surface area (Å²) in [6.45, 7) is 0.611. The second-order valence-electron chi connectivity index (χ2n) is 7.10. The Kier molecular flexibility index (Phi) is 5.94. The largest absolute Gasteiger partial charge is 0.489 e. The molecule has 32 heavy (non-hydrogen) atoms. The van der Waals surface area contributed by atoms with E-state index in [1.165, 1.54) is 24.3 Å². The number of nitro groups is 2. The molecular weight excluding hydrogens is 412 g/mol. The summed E-state index contributed by atoms with van der Waals surface area (Å²) >= 11 is 0. The van der Waals surface area contributed by atoms with E-state index in [0.717, 1.165) is 21.9 Å². The monoisotopic (exact) mass is 430 g/mol. The van der Waals surface area contributed by atoms with Crippen molar-refractivity contribution in [2.24, 2.45) is 0 Å². The Morgan fingerprint density at radius 1 is 0.562 bits per heavy atom. The molecule has 0 spiro atoms. The molecule has 8 nitrogen and oxygen atoms in total. The lowest BCUT2D eigenvalue weighted by Crippen LogP contribution is -1.97. The Bertz CT molecular complexity index is 1170. The summed E-state index contributed by atoms with van der Waals surface area (Å²) < 4.78 is 11.6. The Labute approximate surface area is 182 Å². The number of benzene rings is 4. The maximum atomic E-state index is 10.7. The highest BCUT2D eigenvalue weighted by atomic mass is 16.6. The van der Waals surface area contributed by atoms with Crippen molar-refractivity contribution in [2.45, 2.75) is 13.2 Å². The van der Waals surface area contributed by atoms with E-state index in [-0.39, 0.29) is 11.4 Å². The molecule has 0 aliphatic carbocycles. The van der Waals surface area contributed by atoms with E-state index in [4.69, 9.17) is 9.47 Å². The molecule has 4 rings (SSSR count). The molecule has 0 aliphatic rings. The molecule has 4 aromatic rings. The number of rotatable bonds is 8. The van der Waals surface area contributed by atoms with Crippen LogP contribution in [0, 0.1) is 20.2 Å². The number of nitro benzene ring substituents is 2. The van der Waals surface area contributed by atoms with Gasteiger partial charge in [0, 0.05) is 24.3 Å². The Morgan fingerprint density at radius 3 is 1.28 bits per heavy atom. The molecule has 0 heterocycles. The number of ether oxygens (including phenoxy) is 2. The highest BCUT2D eigenvalue weighted by Gasteiger charge is 2.06. The summed E-state index contributed by atoms with van der Waals surface area (Å²) in [5.41, 5.74) is 1.77. The molecule has 0 saturated carbocycles. The van der Waals surface area contributed by atoms with E-state index in [0.29, 0.717) is 24.7 Å². The van der Waals surface area contributed by atoms with Gasteiger partial charge in [-0.2, -0.15) is 0 Å². The summed E-state index contributed by atoms with van der Waals surface area (Å²) in [7, 11) is 0. The minimum Gasteiger partial charge on any atom is -0.489 e. The van der Waals surface area contributed by atoms with E-state index in [1.54, 1.807) is 24.3 Å². The minimum atomic E-state index is -0.433. The second kappa shape index (κ2) is 9.13. The standard InChI is InChI=1S/C24H18N2O6/c27-25(28)21-7-1-17(2-8-21)15-31-23-11-5-20-14-24(12-6-19(20)13-23)32-16-18-3-9-22(10-4-18)26(29)30/h1-14H,15-16H2.